The highest BCUT2D eigenvalue weighted by molar-refractivity contribution is 7.23. The van der Waals surface area contributed by atoms with Gasteiger partial charge in [-0.25, -0.2) is 14.6 Å². The van der Waals surface area contributed by atoms with Gasteiger partial charge in [-0.1, -0.05) is 35.6 Å². The van der Waals surface area contributed by atoms with Crippen LogP contribution in [0.5, 0.6) is 5.75 Å². The summed E-state index contributed by atoms with van der Waals surface area (Å²) in [6.45, 7) is 0. The highest BCUT2D eigenvalue weighted by atomic mass is 32.1. The molecule has 7 nitrogen and oxygen atoms in total. The Morgan fingerprint density at radius 2 is 2.07 bits per heavy atom. The molecule has 0 amide bonds. The maximum atomic E-state index is 8.52. The second kappa shape index (κ2) is 6.03. The fourth-order valence-corrected chi connectivity index (χ4v) is 4.02. The molecule has 0 aliphatic carbocycles. The van der Waals surface area contributed by atoms with Gasteiger partial charge < -0.3 is 4.74 Å². The van der Waals surface area contributed by atoms with Gasteiger partial charge in [0.05, 0.1) is 24.4 Å². The van der Waals surface area contributed by atoms with E-state index in [0.29, 0.717) is 0 Å². The van der Waals surface area contributed by atoms with E-state index in [0.717, 1.165) is 37.7 Å². The molecule has 0 aliphatic heterocycles. The minimum absolute atomic E-state index is 0.277. The van der Waals surface area contributed by atoms with Gasteiger partial charge in [0, 0.05) is 0 Å². The Hall–Kier alpha value is -3.52. The lowest BCUT2D eigenvalue weighted by atomic mass is 10.2. The number of nitrogens with one attached hydrogen (secondary N) is 1. The Morgan fingerprint density at radius 1 is 1.19 bits per heavy atom. The van der Waals surface area contributed by atoms with Gasteiger partial charge in [0.2, 0.25) is 0 Å². The molecule has 0 unspecified atom stereocenters. The number of hydrogen-bond acceptors (Lipinski definition) is 6. The topological polar surface area (TPSA) is 80.6 Å². The van der Waals surface area contributed by atoms with Crippen LogP contribution in [0.2, 0.25) is 0 Å². The van der Waals surface area contributed by atoms with Gasteiger partial charge in [-0.3, -0.25) is 9.81 Å². The van der Waals surface area contributed by atoms with Gasteiger partial charge in [-0.05, 0) is 29.8 Å². The Labute approximate surface area is 157 Å². The predicted octanol–water partition coefficient (Wildman–Crippen LogP) is 3.27. The van der Waals surface area contributed by atoms with Crippen LogP contribution in [0.4, 0.5) is 0 Å². The minimum atomic E-state index is 0.277. The second-order valence-electron chi connectivity index (χ2n) is 5.93. The zero-order chi connectivity index (χ0) is 18.4. The molecule has 8 heteroatoms. The summed E-state index contributed by atoms with van der Waals surface area (Å²) in [7, 11) is 1.63. The van der Waals surface area contributed by atoms with E-state index in [1.54, 1.807) is 19.7 Å². The van der Waals surface area contributed by atoms with Gasteiger partial charge in [0.25, 0.3) is 0 Å². The van der Waals surface area contributed by atoms with Gasteiger partial charge in [0.1, 0.15) is 16.8 Å². The van der Waals surface area contributed by atoms with Crippen molar-refractivity contribution in [3.05, 3.63) is 65.9 Å². The molecule has 0 atom stereocenters. The van der Waals surface area contributed by atoms with Gasteiger partial charge in [0.15, 0.2) is 16.1 Å². The Morgan fingerprint density at radius 3 is 2.96 bits per heavy atom. The van der Waals surface area contributed by atoms with E-state index in [1.807, 2.05) is 52.9 Å². The van der Waals surface area contributed by atoms with Crippen LogP contribution < -0.4 is 10.2 Å². The van der Waals surface area contributed by atoms with E-state index < -0.39 is 0 Å². The van der Waals surface area contributed by atoms with E-state index in [1.165, 1.54) is 16.0 Å². The van der Waals surface area contributed by atoms with Crippen LogP contribution in [0.3, 0.4) is 0 Å². The van der Waals surface area contributed by atoms with E-state index in [-0.39, 0.29) is 5.49 Å². The number of nitrogens with zero attached hydrogens (tertiary/aromatic N) is 5. The van der Waals surface area contributed by atoms with E-state index >= 15 is 0 Å². The Balaban J connectivity index is 1.64. The van der Waals surface area contributed by atoms with Crippen molar-refractivity contribution in [2.24, 2.45) is 5.10 Å². The van der Waals surface area contributed by atoms with Crippen molar-refractivity contribution in [1.82, 2.24) is 19.0 Å². The van der Waals surface area contributed by atoms with Crippen LogP contribution in [0.25, 0.3) is 26.3 Å². The number of hydrogen-bond donors (Lipinski definition) is 1. The first-order valence-electron chi connectivity index (χ1n) is 8.25. The quantitative estimate of drug-likeness (QED) is 0.492. The van der Waals surface area contributed by atoms with Crippen LogP contribution in [0.15, 0.2) is 60.0 Å². The average molecular weight is 374 g/mol. The largest absolute Gasteiger partial charge is 0.497 e. The first-order valence-corrected chi connectivity index (χ1v) is 9.06. The first kappa shape index (κ1) is 15.7. The third-order valence-electron chi connectivity index (χ3n) is 4.30. The molecule has 0 saturated heterocycles. The molecular weight excluding hydrogens is 360 g/mol. The molecule has 0 aliphatic rings. The zero-order valence-electron chi connectivity index (χ0n) is 14.3. The van der Waals surface area contributed by atoms with E-state index in [4.69, 9.17) is 10.1 Å². The van der Waals surface area contributed by atoms with E-state index in [9.17, 15) is 0 Å². The number of para-hydroxylation sites is 2. The standard InChI is InChI=1S/C19H14N6OS/c1-26-13-6-4-5-12(9-13)10-22-24-11-21-18-16(17(24)20)27-19-23-14-7-2-3-8-15(14)25(18)19/h2-11,20H,1H3. The van der Waals surface area contributed by atoms with Crippen molar-refractivity contribution in [3.63, 3.8) is 0 Å². The SMILES string of the molecule is COc1cccc(C=Nn2cnc3c(sc4nc5ccccc5n43)c2=N)c1. The number of methoxy groups -OCH3 is 1. The summed E-state index contributed by atoms with van der Waals surface area (Å²) in [6.07, 6.45) is 3.24. The molecule has 0 radical (unpaired) electrons. The average Bonchev–Trinajstić information content (AvgIpc) is 3.24. The van der Waals surface area contributed by atoms with Gasteiger partial charge in [-0.2, -0.15) is 5.10 Å². The number of thiazole rings is 1. The third-order valence-corrected chi connectivity index (χ3v) is 5.33. The molecule has 3 aromatic heterocycles. The fourth-order valence-electron chi connectivity index (χ4n) is 3.00. The lowest BCUT2D eigenvalue weighted by molar-refractivity contribution is 0.414. The molecule has 3 heterocycles. The third kappa shape index (κ3) is 2.49. The summed E-state index contributed by atoms with van der Waals surface area (Å²) < 4.78 is 9.41. The molecular formula is C19H14N6OS. The van der Waals surface area contributed by atoms with E-state index in [2.05, 4.69) is 15.1 Å². The summed E-state index contributed by atoms with van der Waals surface area (Å²) in [4.78, 5) is 9.99. The van der Waals surface area contributed by atoms with Gasteiger partial charge in [-0.15, -0.1) is 0 Å². The van der Waals surface area contributed by atoms with Crippen molar-refractivity contribution in [3.8, 4) is 5.75 Å². The predicted molar refractivity (Wildman–Crippen MR) is 106 cm³/mol. The zero-order valence-corrected chi connectivity index (χ0v) is 15.1. The normalized spacial score (nSPS) is 11.9. The van der Waals surface area contributed by atoms with Crippen molar-refractivity contribution in [2.45, 2.75) is 0 Å². The number of ether oxygens (including phenoxy) is 1. The molecule has 5 rings (SSSR count). The molecule has 27 heavy (non-hydrogen) atoms. The van der Waals surface area contributed by atoms with Crippen molar-refractivity contribution >= 4 is 43.9 Å². The lowest BCUT2D eigenvalue weighted by Crippen LogP contribution is -2.16. The molecule has 2 aromatic carbocycles. The van der Waals surface area contributed by atoms with Crippen molar-refractivity contribution in [2.75, 3.05) is 7.11 Å². The minimum Gasteiger partial charge on any atom is -0.497 e. The summed E-state index contributed by atoms with van der Waals surface area (Å²) in [6, 6.07) is 15.5. The van der Waals surface area contributed by atoms with Crippen molar-refractivity contribution in [1.29, 1.82) is 5.41 Å². The van der Waals surface area contributed by atoms with Crippen LogP contribution in [0, 0.1) is 5.41 Å². The van der Waals surface area contributed by atoms with Gasteiger partial charge >= 0.3 is 0 Å². The first-order chi connectivity index (χ1) is 13.2. The highest BCUT2D eigenvalue weighted by Gasteiger charge is 2.14. The maximum Gasteiger partial charge on any atom is 0.197 e. The number of aromatic nitrogens is 4. The molecule has 0 spiro atoms. The molecule has 1 N–H and O–H groups in total. The Bertz CT molecular complexity index is 1390. The maximum absolute atomic E-state index is 8.52. The monoisotopic (exact) mass is 374 g/mol. The van der Waals surface area contributed by atoms with Crippen LogP contribution >= 0.6 is 11.3 Å². The Kier molecular flexibility index (Phi) is 3.51. The molecule has 0 bridgehead atoms. The molecule has 5 aromatic rings. The number of rotatable bonds is 3. The fraction of sp³-hybridized carbons (Fsp3) is 0.0526. The van der Waals surface area contributed by atoms with Crippen LogP contribution in [0.1, 0.15) is 5.56 Å². The molecule has 0 fully saturated rings. The van der Waals surface area contributed by atoms with Crippen LogP contribution in [-0.4, -0.2) is 32.4 Å². The number of fused-ring (bicyclic) bond motifs is 5. The molecule has 0 saturated carbocycles. The summed E-state index contributed by atoms with van der Waals surface area (Å²) >= 11 is 1.44. The summed E-state index contributed by atoms with van der Waals surface area (Å²) in [5, 5.41) is 12.9. The number of imidazole rings is 1. The molecule has 132 valence electrons. The van der Waals surface area contributed by atoms with Crippen molar-refractivity contribution < 1.29 is 4.74 Å². The second-order valence-corrected chi connectivity index (χ2v) is 6.91. The number of benzene rings is 2. The lowest BCUT2D eigenvalue weighted by Gasteiger charge is -2.01. The summed E-state index contributed by atoms with van der Waals surface area (Å²) in [5.74, 6) is 0.759. The highest BCUT2D eigenvalue weighted by Crippen LogP contribution is 2.26. The smallest absolute Gasteiger partial charge is 0.197 e. The summed E-state index contributed by atoms with van der Waals surface area (Å²) in [5.41, 5.74) is 3.80. The van der Waals surface area contributed by atoms with Crippen LogP contribution in [-0.2, 0) is 0 Å².